The fourth-order valence-electron chi connectivity index (χ4n) is 1.77. The van der Waals surface area contributed by atoms with Gasteiger partial charge in [0.25, 0.3) is 0 Å². The molecular formula is C15H16N2O2. The molecule has 19 heavy (non-hydrogen) atoms. The highest BCUT2D eigenvalue weighted by atomic mass is 16.3. The van der Waals surface area contributed by atoms with Gasteiger partial charge in [0.15, 0.2) is 0 Å². The van der Waals surface area contributed by atoms with Crippen molar-refractivity contribution in [3.8, 4) is 0 Å². The van der Waals surface area contributed by atoms with Crippen LogP contribution in [0.5, 0.6) is 0 Å². The molecule has 0 aliphatic rings. The van der Waals surface area contributed by atoms with Gasteiger partial charge in [-0.15, -0.1) is 0 Å². The van der Waals surface area contributed by atoms with Crippen molar-refractivity contribution >= 4 is 11.6 Å². The van der Waals surface area contributed by atoms with Crippen molar-refractivity contribution in [3.05, 3.63) is 65.2 Å². The summed E-state index contributed by atoms with van der Waals surface area (Å²) in [5.74, 6) is -0.422. The minimum atomic E-state index is -0.422. The number of benzene rings is 2. The molecule has 4 nitrogen and oxygen atoms in total. The second-order valence-corrected chi connectivity index (χ2v) is 4.27. The van der Waals surface area contributed by atoms with Crippen LogP contribution in [0.2, 0.25) is 0 Å². The summed E-state index contributed by atoms with van der Waals surface area (Å²) in [4.78, 5) is 11.1. The summed E-state index contributed by atoms with van der Waals surface area (Å²) in [6.07, 6.45) is 0. The van der Waals surface area contributed by atoms with E-state index in [1.54, 1.807) is 12.1 Å². The molecule has 0 aliphatic carbocycles. The van der Waals surface area contributed by atoms with Crippen LogP contribution in [0, 0.1) is 0 Å². The van der Waals surface area contributed by atoms with Crippen molar-refractivity contribution in [2.45, 2.75) is 13.2 Å². The largest absolute Gasteiger partial charge is 0.392 e. The number of nitrogens with two attached hydrogens (primary N) is 1. The van der Waals surface area contributed by atoms with E-state index in [1.165, 1.54) is 0 Å². The number of rotatable bonds is 5. The molecule has 0 fully saturated rings. The summed E-state index contributed by atoms with van der Waals surface area (Å²) >= 11 is 0. The summed E-state index contributed by atoms with van der Waals surface area (Å²) in [5.41, 5.74) is 8.57. The third-order valence-electron chi connectivity index (χ3n) is 2.84. The standard InChI is InChI=1S/C15H16N2O2/c16-15(19)13-3-1-2-12(8-13)9-17-14-6-4-11(10-18)5-7-14/h1-8,17-18H,9-10H2,(H2,16,19). The van der Waals surface area contributed by atoms with Crippen LogP contribution in [-0.2, 0) is 13.2 Å². The second-order valence-electron chi connectivity index (χ2n) is 4.27. The number of primary amides is 1. The monoisotopic (exact) mass is 256 g/mol. The number of hydrogen-bond acceptors (Lipinski definition) is 3. The number of nitrogens with one attached hydrogen (secondary N) is 1. The Morgan fingerprint density at radius 2 is 1.84 bits per heavy atom. The predicted molar refractivity (Wildman–Crippen MR) is 74.7 cm³/mol. The summed E-state index contributed by atoms with van der Waals surface area (Å²) in [6.45, 7) is 0.653. The molecule has 0 heterocycles. The zero-order valence-electron chi connectivity index (χ0n) is 10.5. The van der Waals surface area contributed by atoms with Crippen LogP contribution in [0.1, 0.15) is 21.5 Å². The molecule has 1 amide bonds. The molecule has 0 atom stereocenters. The van der Waals surface area contributed by atoms with E-state index in [1.807, 2.05) is 36.4 Å². The first-order chi connectivity index (χ1) is 9.19. The fraction of sp³-hybridized carbons (Fsp3) is 0.133. The Labute approximate surface area is 111 Å². The van der Waals surface area contributed by atoms with Gasteiger partial charge in [-0.25, -0.2) is 0 Å². The van der Waals surface area contributed by atoms with E-state index in [2.05, 4.69) is 5.32 Å². The number of aliphatic hydroxyl groups excluding tert-OH is 1. The van der Waals surface area contributed by atoms with Gasteiger partial charge < -0.3 is 16.2 Å². The maximum absolute atomic E-state index is 11.1. The first-order valence-corrected chi connectivity index (χ1v) is 6.01. The number of carbonyl (C=O) groups is 1. The number of aliphatic hydroxyl groups is 1. The normalized spacial score (nSPS) is 10.2. The van der Waals surface area contributed by atoms with Crippen molar-refractivity contribution in [1.29, 1.82) is 0 Å². The van der Waals surface area contributed by atoms with Gasteiger partial charge >= 0.3 is 0 Å². The maximum atomic E-state index is 11.1. The Morgan fingerprint density at radius 1 is 1.11 bits per heavy atom. The van der Waals surface area contributed by atoms with Gasteiger partial charge in [-0.05, 0) is 35.4 Å². The zero-order valence-corrected chi connectivity index (χ0v) is 10.5. The van der Waals surface area contributed by atoms with Gasteiger partial charge in [0.1, 0.15) is 0 Å². The highest BCUT2D eigenvalue weighted by molar-refractivity contribution is 5.92. The smallest absolute Gasteiger partial charge is 0.248 e. The highest BCUT2D eigenvalue weighted by Gasteiger charge is 2.01. The first-order valence-electron chi connectivity index (χ1n) is 6.01. The minimum Gasteiger partial charge on any atom is -0.392 e. The molecule has 0 saturated heterocycles. The number of carbonyl (C=O) groups excluding carboxylic acids is 1. The Kier molecular flexibility index (Phi) is 4.15. The Morgan fingerprint density at radius 3 is 2.47 bits per heavy atom. The van der Waals surface area contributed by atoms with Crippen LogP contribution < -0.4 is 11.1 Å². The van der Waals surface area contributed by atoms with Gasteiger partial charge in [-0.3, -0.25) is 4.79 Å². The lowest BCUT2D eigenvalue weighted by Gasteiger charge is -2.08. The van der Waals surface area contributed by atoms with E-state index in [0.717, 1.165) is 16.8 Å². The predicted octanol–water partition coefficient (Wildman–Crippen LogP) is 1.89. The molecule has 2 aromatic rings. The zero-order chi connectivity index (χ0) is 13.7. The topological polar surface area (TPSA) is 75.4 Å². The Hall–Kier alpha value is -2.33. The van der Waals surface area contributed by atoms with Crippen LogP contribution in [0.4, 0.5) is 5.69 Å². The van der Waals surface area contributed by atoms with Crippen molar-refractivity contribution in [2.24, 2.45) is 5.73 Å². The van der Waals surface area contributed by atoms with E-state index in [9.17, 15) is 4.79 Å². The lowest BCUT2D eigenvalue weighted by atomic mass is 10.1. The second kappa shape index (κ2) is 6.02. The highest BCUT2D eigenvalue weighted by Crippen LogP contribution is 2.12. The summed E-state index contributed by atoms with van der Waals surface area (Å²) in [5, 5.41) is 12.2. The van der Waals surface area contributed by atoms with E-state index in [4.69, 9.17) is 10.8 Å². The molecule has 0 aromatic heterocycles. The molecular weight excluding hydrogens is 240 g/mol. The number of hydrogen-bond donors (Lipinski definition) is 3. The molecule has 0 unspecified atom stereocenters. The molecule has 2 aromatic carbocycles. The molecule has 0 spiro atoms. The van der Waals surface area contributed by atoms with Crippen LogP contribution in [0.15, 0.2) is 48.5 Å². The van der Waals surface area contributed by atoms with Crippen molar-refractivity contribution in [2.75, 3.05) is 5.32 Å². The summed E-state index contributed by atoms with van der Waals surface area (Å²) in [6, 6.07) is 14.8. The van der Waals surface area contributed by atoms with E-state index in [-0.39, 0.29) is 6.61 Å². The van der Waals surface area contributed by atoms with Crippen molar-refractivity contribution < 1.29 is 9.90 Å². The third-order valence-corrected chi connectivity index (χ3v) is 2.84. The van der Waals surface area contributed by atoms with E-state index in [0.29, 0.717) is 12.1 Å². The lowest BCUT2D eigenvalue weighted by molar-refractivity contribution is 0.1000. The molecule has 0 saturated carbocycles. The molecule has 4 heteroatoms. The molecule has 4 N–H and O–H groups in total. The molecule has 2 rings (SSSR count). The third kappa shape index (κ3) is 3.56. The quantitative estimate of drug-likeness (QED) is 0.764. The first kappa shape index (κ1) is 13.1. The minimum absolute atomic E-state index is 0.0426. The van der Waals surface area contributed by atoms with Gasteiger partial charge in [0.05, 0.1) is 6.61 Å². The lowest BCUT2D eigenvalue weighted by Crippen LogP contribution is -2.11. The SMILES string of the molecule is NC(=O)c1cccc(CNc2ccc(CO)cc2)c1. The Bertz CT molecular complexity index is 565. The number of anilines is 1. The van der Waals surface area contributed by atoms with Gasteiger partial charge in [-0.1, -0.05) is 24.3 Å². The van der Waals surface area contributed by atoms with Crippen molar-refractivity contribution in [3.63, 3.8) is 0 Å². The van der Waals surface area contributed by atoms with Gasteiger partial charge in [-0.2, -0.15) is 0 Å². The molecule has 0 bridgehead atoms. The maximum Gasteiger partial charge on any atom is 0.248 e. The van der Waals surface area contributed by atoms with Crippen LogP contribution in [0.3, 0.4) is 0 Å². The number of amides is 1. The van der Waals surface area contributed by atoms with E-state index < -0.39 is 5.91 Å². The average Bonchev–Trinajstić information content (AvgIpc) is 2.46. The summed E-state index contributed by atoms with van der Waals surface area (Å²) in [7, 11) is 0. The summed E-state index contributed by atoms with van der Waals surface area (Å²) < 4.78 is 0. The molecule has 0 radical (unpaired) electrons. The Balaban J connectivity index is 2.01. The van der Waals surface area contributed by atoms with E-state index >= 15 is 0 Å². The van der Waals surface area contributed by atoms with Crippen molar-refractivity contribution in [1.82, 2.24) is 0 Å². The fourth-order valence-corrected chi connectivity index (χ4v) is 1.77. The van der Waals surface area contributed by atoms with Gasteiger partial charge in [0.2, 0.25) is 5.91 Å². The van der Waals surface area contributed by atoms with Gasteiger partial charge in [0, 0.05) is 17.8 Å². The van der Waals surface area contributed by atoms with Crippen LogP contribution >= 0.6 is 0 Å². The molecule has 0 aliphatic heterocycles. The molecule has 98 valence electrons. The van der Waals surface area contributed by atoms with Crippen LogP contribution in [-0.4, -0.2) is 11.0 Å². The average molecular weight is 256 g/mol. The van der Waals surface area contributed by atoms with Crippen LogP contribution in [0.25, 0.3) is 0 Å².